The Labute approximate surface area is 162 Å². The fourth-order valence-corrected chi connectivity index (χ4v) is 3.00. The molecule has 1 aromatic carbocycles. The molecule has 1 aromatic rings. The van der Waals surface area contributed by atoms with E-state index < -0.39 is 5.60 Å². The highest BCUT2D eigenvalue weighted by Crippen LogP contribution is 2.20. The molecule has 0 unspecified atom stereocenters. The van der Waals surface area contributed by atoms with E-state index in [9.17, 15) is 9.59 Å². The summed E-state index contributed by atoms with van der Waals surface area (Å²) in [6, 6.07) is 9.70. The van der Waals surface area contributed by atoms with Gasteiger partial charge in [0.25, 0.3) is 0 Å². The quantitative estimate of drug-likeness (QED) is 0.652. The van der Waals surface area contributed by atoms with Gasteiger partial charge in [0.05, 0.1) is 0 Å². The van der Waals surface area contributed by atoms with Crippen molar-refractivity contribution in [2.24, 2.45) is 5.92 Å². The predicted octanol–water partition coefficient (Wildman–Crippen LogP) is 3.31. The lowest BCUT2D eigenvalue weighted by atomic mass is 10.0. The Morgan fingerprint density at radius 2 is 1.85 bits per heavy atom. The molecule has 2 rings (SSSR count). The number of likely N-dealkylation sites (tertiary alicyclic amines) is 1. The number of carbonyl (C=O) groups excluding carboxylic acids is 2. The van der Waals surface area contributed by atoms with E-state index in [2.05, 4.69) is 4.90 Å². The van der Waals surface area contributed by atoms with Crippen LogP contribution >= 0.6 is 0 Å². The second-order valence-electron chi connectivity index (χ2n) is 8.26. The molecule has 0 radical (unpaired) electrons. The number of hydrogen-bond acceptors (Lipinski definition) is 5. The van der Waals surface area contributed by atoms with Gasteiger partial charge in [-0.3, -0.25) is 4.79 Å². The first kappa shape index (κ1) is 21.2. The van der Waals surface area contributed by atoms with Crippen LogP contribution in [0.15, 0.2) is 30.3 Å². The molecule has 0 saturated carbocycles. The summed E-state index contributed by atoms with van der Waals surface area (Å²) in [4.78, 5) is 27.7. The van der Waals surface area contributed by atoms with Gasteiger partial charge in [0.1, 0.15) is 12.2 Å². The highest BCUT2D eigenvalue weighted by atomic mass is 16.6. The maximum atomic E-state index is 11.9. The Bertz CT molecular complexity index is 606. The summed E-state index contributed by atoms with van der Waals surface area (Å²) in [5.74, 6) is 0.305. The molecule has 1 aliphatic heterocycles. The minimum absolute atomic E-state index is 0.160. The average molecular weight is 376 g/mol. The maximum absolute atomic E-state index is 11.9. The molecule has 0 spiro atoms. The standard InChI is InChI=1S/C21H32N2O4/c1-21(2,3)27-20(25)23-14-18(15-23)13-22(4)12-8-11-19(24)26-16-17-9-6-5-7-10-17/h5-7,9-10,18H,8,11-16H2,1-4H3. The molecule has 1 aliphatic rings. The zero-order valence-corrected chi connectivity index (χ0v) is 16.9. The van der Waals surface area contributed by atoms with Crippen molar-refractivity contribution < 1.29 is 19.1 Å². The van der Waals surface area contributed by atoms with Crippen LogP contribution in [-0.4, -0.2) is 60.7 Å². The highest BCUT2D eigenvalue weighted by molar-refractivity contribution is 5.69. The van der Waals surface area contributed by atoms with Crippen molar-refractivity contribution in [3.8, 4) is 0 Å². The monoisotopic (exact) mass is 376 g/mol. The van der Waals surface area contributed by atoms with Crippen molar-refractivity contribution in [2.45, 2.75) is 45.8 Å². The van der Waals surface area contributed by atoms with Gasteiger partial charge in [-0.15, -0.1) is 0 Å². The minimum Gasteiger partial charge on any atom is -0.461 e. The van der Waals surface area contributed by atoms with Crippen molar-refractivity contribution in [2.75, 3.05) is 33.2 Å². The van der Waals surface area contributed by atoms with Gasteiger partial charge in [-0.1, -0.05) is 30.3 Å². The van der Waals surface area contributed by atoms with Gasteiger partial charge in [-0.25, -0.2) is 4.79 Å². The van der Waals surface area contributed by atoms with Gasteiger partial charge in [-0.05, 0) is 46.3 Å². The lowest BCUT2D eigenvalue weighted by molar-refractivity contribution is -0.145. The Hall–Kier alpha value is -2.08. The molecule has 1 amide bonds. The molecule has 0 aliphatic carbocycles. The molecule has 6 heteroatoms. The van der Waals surface area contributed by atoms with E-state index >= 15 is 0 Å². The van der Waals surface area contributed by atoms with Crippen LogP contribution in [0.2, 0.25) is 0 Å². The first-order chi connectivity index (χ1) is 12.7. The van der Waals surface area contributed by atoms with Crippen LogP contribution in [-0.2, 0) is 20.9 Å². The maximum Gasteiger partial charge on any atom is 0.410 e. The molecule has 1 heterocycles. The Balaban J connectivity index is 1.53. The number of amides is 1. The fraction of sp³-hybridized carbons (Fsp3) is 0.619. The first-order valence-electron chi connectivity index (χ1n) is 9.59. The second kappa shape index (κ2) is 9.74. The molecule has 0 aromatic heterocycles. The van der Waals surface area contributed by atoms with E-state index in [0.717, 1.165) is 38.2 Å². The molecular weight excluding hydrogens is 344 g/mol. The summed E-state index contributed by atoms with van der Waals surface area (Å²) >= 11 is 0. The average Bonchev–Trinajstić information content (AvgIpc) is 2.55. The minimum atomic E-state index is -0.450. The molecule has 27 heavy (non-hydrogen) atoms. The molecule has 6 nitrogen and oxygen atoms in total. The Kier molecular flexibility index (Phi) is 7.66. The van der Waals surface area contributed by atoms with Crippen LogP contribution in [0.1, 0.15) is 39.2 Å². The smallest absolute Gasteiger partial charge is 0.410 e. The van der Waals surface area contributed by atoms with Crippen LogP contribution in [0, 0.1) is 5.92 Å². The largest absolute Gasteiger partial charge is 0.461 e. The molecule has 1 saturated heterocycles. The normalized spacial score (nSPS) is 14.8. The van der Waals surface area contributed by atoms with Crippen LogP contribution in [0.4, 0.5) is 4.79 Å². The summed E-state index contributed by atoms with van der Waals surface area (Å²) in [6.07, 6.45) is 0.959. The molecule has 0 bridgehead atoms. The topological polar surface area (TPSA) is 59.1 Å². The van der Waals surface area contributed by atoms with Gasteiger partial charge in [0.15, 0.2) is 0 Å². The Morgan fingerprint density at radius 3 is 2.48 bits per heavy atom. The van der Waals surface area contributed by atoms with Crippen molar-refractivity contribution >= 4 is 12.1 Å². The van der Waals surface area contributed by atoms with Crippen LogP contribution in [0.3, 0.4) is 0 Å². The summed E-state index contributed by atoms with van der Waals surface area (Å²) in [6.45, 7) is 9.18. The number of hydrogen-bond donors (Lipinski definition) is 0. The van der Waals surface area contributed by atoms with E-state index in [1.165, 1.54) is 0 Å². The molecule has 0 atom stereocenters. The summed E-state index contributed by atoms with van der Waals surface area (Å²) in [5.41, 5.74) is 0.552. The Morgan fingerprint density at radius 1 is 1.19 bits per heavy atom. The third-order valence-electron chi connectivity index (χ3n) is 4.34. The fourth-order valence-electron chi connectivity index (χ4n) is 3.00. The summed E-state index contributed by atoms with van der Waals surface area (Å²) < 4.78 is 10.7. The van der Waals surface area contributed by atoms with E-state index in [-0.39, 0.29) is 12.1 Å². The van der Waals surface area contributed by atoms with E-state index in [0.29, 0.717) is 18.9 Å². The van der Waals surface area contributed by atoms with Crippen molar-refractivity contribution in [1.82, 2.24) is 9.80 Å². The van der Waals surface area contributed by atoms with Gasteiger partial charge in [0.2, 0.25) is 0 Å². The van der Waals surface area contributed by atoms with Crippen LogP contribution < -0.4 is 0 Å². The van der Waals surface area contributed by atoms with Crippen LogP contribution in [0.25, 0.3) is 0 Å². The number of benzene rings is 1. The number of nitrogens with zero attached hydrogens (tertiary/aromatic N) is 2. The third-order valence-corrected chi connectivity index (χ3v) is 4.34. The first-order valence-corrected chi connectivity index (χ1v) is 9.59. The van der Waals surface area contributed by atoms with Crippen molar-refractivity contribution in [1.29, 1.82) is 0 Å². The van der Waals surface area contributed by atoms with E-state index in [4.69, 9.17) is 9.47 Å². The molecule has 1 fully saturated rings. The number of rotatable bonds is 8. The highest BCUT2D eigenvalue weighted by Gasteiger charge is 2.33. The van der Waals surface area contributed by atoms with Crippen molar-refractivity contribution in [3.63, 3.8) is 0 Å². The molecular formula is C21H32N2O4. The summed E-state index contributed by atoms with van der Waals surface area (Å²) in [7, 11) is 2.05. The van der Waals surface area contributed by atoms with Gasteiger partial charge in [-0.2, -0.15) is 0 Å². The van der Waals surface area contributed by atoms with E-state index in [1.54, 1.807) is 4.90 Å². The summed E-state index contributed by atoms with van der Waals surface area (Å²) in [5, 5.41) is 0. The zero-order chi connectivity index (χ0) is 19.9. The zero-order valence-electron chi connectivity index (χ0n) is 16.9. The number of esters is 1. The van der Waals surface area contributed by atoms with Gasteiger partial charge >= 0.3 is 12.1 Å². The second-order valence-corrected chi connectivity index (χ2v) is 8.26. The molecule has 150 valence electrons. The van der Waals surface area contributed by atoms with Crippen LogP contribution in [0.5, 0.6) is 0 Å². The SMILES string of the molecule is CN(CCCC(=O)OCc1ccccc1)CC1CN(C(=O)OC(C)(C)C)C1. The van der Waals surface area contributed by atoms with Gasteiger partial charge in [0, 0.05) is 32.0 Å². The number of ether oxygens (including phenoxy) is 2. The molecule has 0 N–H and O–H groups in total. The lowest BCUT2D eigenvalue weighted by Crippen LogP contribution is -2.54. The number of carbonyl (C=O) groups is 2. The predicted molar refractivity (Wildman–Crippen MR) is 104 cm³/mol. The lowest BCUT2D eigenvalue weighted by Gasteiger charge is -2.41. The van der Waals surface area contributed by atoms with Gasteiger partial charge < -0.3 is 19.3 Å². The van der Waals surface area contributed by atoms with Crippen molar-refractivity contribution in [3.05, 3.63) is 35.9 Å². The third kappa shape index (κ3) is 7.99. The van der Waals surface area contributed by atoms with E-state index in [1.807, 2.05) is 58.2 Å².